The molecule has 5 heteroatoms. The molecule has 128 valence electrons. The van der Waals surface area contributed by atoms with Gasteiger partial charge in [-0.2, -0.15) is 0 Å². The summed E-state index contributed by atoms with van der Waals surface area (Å²) in [6, 6.07) is 11.7. The van der Waals surface area contributed by atoms with Crippen molar-refractivity contribution >= 4 is 5.78 Å². The normalized spacial score (nSPS) is 15.5. The molecule has 5 nitrogen and oxygen atoms in total. The SMILES string of the molecule is CC(=O)c1cc(-c2ccccc2)n(CCCN2CCOCC2)c1O. The number of morpholine rings is 1. The quantitative estimate of drug-likeness (QED) is 0.829. The number of hydrogen-bond acceptors (Lipinski definition) is 4. The van der Waals surface area contributed by atoms with Crippen molar-refractivity contribution in [3.8, 4) is 17.1 Å². The molecule has 0 aliphatic carbocycles. The molecule has 0 unspecified atom stereocenters. The van der Waals surface area contributed by atoms with Crippen molar-refractivity contribution in [2.24, 2.45) is 0 Å². The number of ether oxygens (including phenoxy) is 1. The zero-order valence-corrected chi connectivity index (χ0v) is 14.1. The lowest BCUT2D eigenvalue weighted by Gasteiger charge is -2.26. The molecule has 1 aromatic heterocycles. The number of benzene rings is 1. The van der Waals surface area contributed by atoms with Crippen molar-refractivity contribution in [1.82, 2.24) is 9.47 Å². The highest BCUT2D eigenvalue weighted by Crippen LogP contribution is 2.31. The van der Waals surface area contributed by atoms with Gasteiger partial charge in [-0.25, -0.2) is 0 Å². The van der Waals surface area contributed by atoms with E-state index >= 15 is 0 Å². The lowest BCUT2D eigenvalue weighted by atomic mass is 10.1. The summed E-state index contributed by atoms with van der Waals surface area (Å²) < 4.78 is 7.22. The minimum atomic E-state index is -0.114. The van der Waals surface area contributed by atoms with Crippen molar-refractivity contribution in [3.63, 3.8) is 0 Å². The summed E-state index contributed by atoms with van der Waals surface area (Å²) in [7, 11) is 0. The highest BCUT2D eigenvalue weighted by Gasteiger charge is 2.18. The topological polar surface area (TPSA) is 54.7 Å². The predicted molar refractivity (Wildman–Crippen MR) is 93.4 cm³/mol. The standard InChI is InChI=1S/C19H24N2O3/c1-15(22)17-14-18(16-6-3-2-4-7-16)21(19(17)23)9-5-8-20-10-12-24-13-11-20/h2-4,6-7,14,23H,5,8-13H2,1H3. The largest absolute Gasteiger partial charge is 0.494 e. The highest BCUT2D eigenvalue weighted by molar-refractivity contribution is 5.98. The first-order valence-electron chi connectivity index (χ1n) is 8.46. The van der Waals surface area contributed by atoms with Crippen LogP contribution in [0.2, 0.25) is 0 Å². The lowest BCUT2D eigenvalue weighted by molar-refractivity contribution is 0.0369. The second kappa shape index (κ2) is 7.64. The van der Waals surface area contributed by atoms with Crippen LogP contribution in [0.5, 0.6) is 5.88 Å². The van der Waals surface area contributed by atoms with E-state index in [-0.39, 0.29) is 11.7 Å². The van der Waals surface area contributed by atoms with Gasteiger partial charge in [-0.1, -0.05) is 30.3 Å². The van der Waals surface area contributed by atoms with Gasteiger partial charge in [-0.3, -0.25) is 9.69 Å². The Morgan fingerprint density at radius 3 is 2.54 bits per heavy atom. The number of carbonyl (C=O) groups excluding carboxylic acids is 1. The van der Waals surface area contributed by atoms with Gasteiger partial charge in [0.25, 0.3) is 0 Å². The maximum Gasteiger partial charge on any atom is 0.202 e. The summed E-state index contributed by atoms with van der Waals surface area (Å²) in [6.07, 6.45) is 0.916. The van der Waals surface area contributed by atoms with Crippen molar-refractivity contribution in [2.45, 2.75) is 19.9 Å². The van der Waals surface area contributed by atoms with E-state index in [1.807, 2.05) is 34.9 Å². The van der Waals surface area contributed by atoms with E-state index in [4.69, 9.17) is 4.74 Å². The smallest absolute Gasteiger partial charge is 0.202 e. The molecule has 0 spiro atoms. The van der Waals surface area contributed by atoms with Crippen LogP contribution in [0.3, 0.4) is 0 Å². The zero-order chi connectivity index (χ0) is 16.9. The van der Waals surface area contributed by atoms with Crippen LogP contribution in [0.25, 0.3) is 11.3 Å². The molecule has 24 heavy (non-hydrogen) atoms. The minimum absolute atomic E-state index is 0.0725. The van der Waals surface area contributed by atoms with Gasteiger partial charge in [-0.15, -0.1) is 0 Å². The summed E-state index contributed by atoms with van der Waals surface area (Å²) in [5.74, 6) is -0.0417. The number of ketones is 1. The van der Waals surface area contributed by atoms with Crippen LogP contribution in [0, 0.1) is 0 Å². The third kappa shape index (κ3) is 3.68. The number of Topliss-reactive ketones (excluding diaryl/α,β-unsaturated/α-hetero) is 1. The molecule has 2 heterocycles. The first-order chi connectivity index (χ1) is 11.7. The number of rotatable bonds is 6. The predicted octanol–water partition coefficient (Wildman–Crippen LogP) is 2.79. The van der Waals surface area contributed by atoms with Crippen LogP contribution in [0.15, 0.2) is 36.4 Å². The summed E-state index contributed by atoms with van der Waals surface area (Å²) in [5.41, 5.74) is 2.28. The lowest BCUT2D eigenvalue weighted by Crippen LogP contribution is -2.37. The molecule has 1 aliphatic rings. The second-order valence-electron chi connectivity index (χ2n) is 6.15. The molecule has 2 aromatic rings. The van der Waals surface area contributed by atoms with Gasteiger partial charge < -0.3 is 14.4 Å². The van der Waals surface area contributed by atoms with Crippen molar-refractivity contribution in [2.75, 3.05) is 32.8 Å². The van der Waals surface area contributed by atoms with Gasteiger partial charge in [0, 0.05) is 26.2 Å². The van der Waals surface area contributed by atoms with Crippen LogP contribution >= 0.6 is 0 Å². The minimum Gasteiger partial charge on any atom is -0.494 e. The summed E-state index contributed by atoms with van der Waals surface area (Å²) in [4.78, 5) is 14.2. The monoisotopic (exact) mass is 328 g/mol. The van der Waals surface area contributed by atoms with Crippen LogP contribution < -0.4 is 0 Å². The first kappa shape index (κ1) is 16.7. The average Bonchev–Trinajstić information content (AvgIpc) is 2.94. The number of aromatic hydroxyl groups is 1. The molecule has 0 saturated carbocycles. The molecule has 3 rings (SSSR count). The molecule has 1 fully saturated rings. The Morgan fingerprint density at radius 2 is 1.88 bits per heavy atom. The van der Waals surface area contributed by atoms with E-state index in [0.717, 1.165) is 50.5 Å². The number of nitrogens with zero attached hydrogens (tertiary/aromatic N) is 2. The fourth-order valence-electron chi connectivity index (χ4n) is 3.15. The summed E-state index contributed by atoms with van der Waals surface area (Å²) >= 11 is 0. The van der Waals surface area contributed by atoms with Crippen LogP contribution in [-0.4, -0.2) is 53.2 Å². The van der Waals surface area contributed by atoms with E-state index in [9.17, 15) is 9.90 Å². The van der Waals surface area contributed by atoms with Crippen LogP contribution in [0.4, 0.5) is 0 Å². The van der Waals surface area contributed by atoms with Gasteiger partial charge >= 0.3 is 0 Å². The maximum absolute atomic E-state index is 11.8. The molecule has 1 aliphatic heterocycles. The van der Waals surface area contributed by atoms with Crippen LogP contribution in [0.1, 0.15) is 23.7 Å². The fraction of sp³-hybridized carbons (Fsp3) is 0.421. The third-order valence-electron chi connectivity index (χ3n) is 4.48. The highest BCUT2D eigenvalue weighted by atomic mass is 16.5. The van der Waals surface area contributed by atoms with E-state index in [1.54, 1.807) is 6.07 Å². The third-order valence-corrected chi connectivity index (χ3v) is 4.48. The van der Waals surface area contributed by atoms with Gasteiger partial charge in [0.2, 0.25) is 5.88 Å². The summed E-state index contributed by atoms with van der Waals surface area (Å²) in [5, 5.41) is 10.5. The molecule has 1 aromatic carbocycles. The second-order valence-corrected chi connectivity index (χ2v) is 6.15. The molecular weight excluding hydrogens is 304 g/mol. The van der Waals surface area contributed by atoms with Crippen molar-refractivity contribution in [1.29, 1.82) is 0 Å². The Labute approximate surface area is 142 Å². The maximum atomic E-state index is 11.8. The number of hydrogen-bond donors (Lipinski definition) is 1. The van der Waals surface area contributed by atoms with E-state index < -0.39 is 0 Å². The first-order valence-corrected chi connectivity index (χ1v) is 8.46. The Morgan fingerprint density at radius 1 is 1.17 bits per heavy atom. The van der Waals surface area contributed by atoms with Gasteiger partial charge in [-0.05, 0) is 25.0 Å². The van der Waals surface area contributed by atoms with Gasteiger partial charge in [0.1, 0.15) is 0 Å². The Kier molecular flexibility index (Phi) is 5.33. The van der Waals surface area contributed by atoms with E-state index in [0.29, 0.717) is 12.1 Å². The molecule has 1 N–H and O–H groups in total. The number of carbonyl (C=O) groups is 1. The van der Waals surface area contributed by atoms with Crippen molar-refractivity contribution in [3.05, 3.63) is 42.0 Å². The molecule has 0 radical (unpaired) electrons. The number of aromatic nitrogens is 1. The molecule has 0 amide bonds. The van der Waals surface area contributed by atoms with Gasteiger partial charge in [0.05, 0.1) is 24.5 Å². The molecule has 0 bridgehead atoms. The molecular formula is C19H24N2O3. The fourth-order valence-corrected chi connectivity index (χ4v) is 3.15. The zero-order valence-electron chi connectivity index (χ0n) is 14.1. The Balaban J connectivity index is 1.78. The molecule has 1 saturated heterocycles. The van der Waals surface area contributed by atoms with E-state index in [2.05, 4.69) is 4.90 Å². The molecule has 0 atom stereocenters. The Bertz CT molecular complexity index is 688. The van der Waals surface area contributed by atoms with E-state index in [1.165, 1.54) is 6.92 Å². The van der Waals surface area contributed by atoms with Crippen LogP contribution in [-0.2, 0) is 11.3 Å². The summed E-state index contributed by atoms with van der Waals surface area (Å²) in [6.45, 7) is 6.63. The average molecular weight is 328 g/mol. The Hall–Kier alpha value is -2.11. The van der Waals surface area contributed by atoms with Crippen molar-refractivity contribution < 1.29 is 14.6 Å². The van der Waals surface area contributed by atoms with Gasteiger partial charge in [0.15, 0.2) is 5.78 Å².